The van der Waals surface area contributed by atoms with Crippen molar-refractivity contribution in [2.45, 2.75) is 35.4 Å². The van der Waals surface area contributed by atoms with E-state index in [0.717, 1.165) is 0 Å². The first-order valence-electron chi connectivity index (χ1n) is 5.76. The Balaban J connectivity index is 6.18. The molecule has 0 atom stereocenters. The third-order valence-electron chi connectivity index (χ3n) is 2.48. The average Bonchev–Trinajstić information content (AvgIpc) is 2.43. The summed E-state index contributed by atoms with van der Waals surface area (Å²) in [7, 11) is -8.10. The highest BCUT2D eigenvalue weighted by Crippen LogP contribution is 2.55. The molecule has 0 aliphatic rings. The quantitative estimate of drug-likeness (QED) is 0.257. The van der Waals surface area contributed by atoms with Gasteiger partial charge in [0.25, 0.3) is 10.0 Å². The van der Waals surface area contributed by atoms with E-state index < -0.39 is 56.1 Å². The maximum Gasteiger partial charge on any atom is 0.483 e. The van der Waals surface area contributed by atoms with Crippen LogP contribution in [0.2, 0.25) is 0 Å². The van der Waals surface area contributed by atoms with Crippen LogP contribution < -0.4 is 4.72 Å². The van der Waals surface area contributed by atoms with Crippen LogP contribution in [-0.2, 0) is 19.6 Å². The van der Waals surface area contributed by atoms with Gasteiger partial charge in [0, 0.05) is 6.08 Å². The van der Waals surface area contributed by atoms with Gasteiger partial charge in [0.05, 0.1) is 0 Å². The highest BCUT2D eigenvalue weighted by molar-refractivity contribution is 7.90. The van der Waals surface area contributed by atoms with E-state index >= 15 is 0 Å². The van der Waals surface area contributed by atoms with Gasteiger partial charge < -0.3 is 4.74 Å². The van der Waals surface area contributed by atoms with Gasteiger partial charge in [-0.2, -0.15) is 57.1 Å². The van der Waals surface area contributed by atoms with Gasteiger partial charge in [-0.05, 0) is 0 Å². The molecule has 0 aromatic rings. The summed E-state index contributed by atoms with van der Waals surface area (Å²) in [5.41, 5.74) is 0. The van der Waals surface area contributed by atoms with E-state index in [2.05, 4.69) is 11.3 Å². The number of esters is 1. The van der Waals surface area contributed by atoms with Crippen molar-refractivity contribution < 1.29 is 75.0 Å². The Morgan fingerprint density at radius 3 is 1.54 bits per heavy atom. The molecule has 0 aromatic carbocycles. The number of carbonyl (C=O) groups is 1. The zero-order chi connectivity index (χ0) is 23.2. The lowest BCUT2D eigenvalue weighted by atomic mass is 10.1. The minimum atomic E-state index is -8.10. The number of nitrogens with one attached hydrogen (secondary N) is 1. The largest absolute Gasteiger partial charge is 0.483 e. The molecule has 0 heterocycles. The zero-order valence-electron chi connectivity index (χ0n) is 12.2. The van der Waals surface area contributed by atoms with E-state index in [9.17, 15) is 70.3 Å². The molecule has 19 heteroatoms. The van der Waals surface area contributed by atoms with E-state index in [-0.39, 0.29) is 6.08 Å². The van der Waals surface area contributed by atoms with Crippen molar-refractivity contribution in [1.82, 2.24) is 4.72 Å². The van der Waals surface area contributed by atoms with Crippen molar-refractivity contribution in [2.75, 3.05) is 0 Å². The summed E-state index contributed by atoms with van der Waals surface area (Å²) >= 11 is 0. The van der Waals surface area contributed by atoms with Crippen molar-refractivity contribution in [3.8, 4) is 0 Å². The van der Waals surface area contributed by atoms with Crippen LogP contribution in [0.25, 0.3) is 0 Å². The second-order valence-electron chi connectivity index (χ2n) is 4.49. The number of hydrogen-bond donors (Lipinski definition) is 1. The first kappa shape index (κ1) is 26.2. The second-order valence-corrected chi connectivity index (χ2v) is 6.21. The highest BCUT2D eigenvalue weighted by Gasteiger charge is 2.86. The lowest BCUT2D eigenvalue weighted by Gasteiger charge is -2.34. The van der Waals surface area contributed by atoms with Gasteiger partial charge in [-0.25, -0.2) is 13.2 Å². The van der Waals surface area contributed by atoms with Gasteiger partial charge in [0.15, 0.2) is 0 Å². The lowest BCUT2D eigenvalue weighted by molar-refractivity contribution is -0.382. The fourth-order valence-corrected chi connectivity index (χ4v) is 2.10. The van der Waals surface area contributed by atoms with E-state index in [4.69, 9.17) is 0 Å². The summed E-state index contributed by atoms with van der Waals surface area (Å²) in [5, 5.41) is -7.72. The Kier molecular flexibility index (Phi) is 6.48. The van der Waals surface area contributed by atoms with Gasteiger partial charge in [0.1, 0.15) is 0 Å². The van der Waals surface area contributed by atoms with Crippen molar-refractivity contribution in [3.05, 3.63) is 12.7 Å². The molecule has 0 amide bonds. The highest BCUT2D eigenvalue weighted by atomic mass is 32.2. The predicted octanol–water partition coefficient (Wildman–Crippen LogP) is 3.25. The fraction of sp³-hybridized carbons (Fsp3) is 0.667. The molecule has 0 saturated carbocycles. The van der Waals surface area contributed by atoms with Crippen LogP contribution in [0.15, 0.2) is 12.7 Å². The van der Waals surface area contributed by atoms with Crippen molar-refractivity contribution in [2.24, 2.45) is 0 Å². The normalized spacial score (nSPS) is 15.3. The molecule has 0 rings (SSSR count). The fourth-order valence-electron chi connectivity index (χ4n) is 1.05. The molecular formula is C9H4F13NO4S. The molecule has 0 aromatic heterocycles. The van der Waals surface area contributed by atoms with Gasteiger partial charge in [-0.15, -0.1) is 4.72 Å². The molecule has 0 aliphatic carbocycles. The van der Waals surface area contributed by atoms with Crippen LogP contribution >= 0.6 is 0 Å². The predicted molar refractivity (Wildman–Crippen MR) is 59.1 cm³/mol. The van der Waals surface area contributed by atoms with Crippen LogP contribution in [0.3, 0.4) is 0 Å². The monoisotopic (exact) mass is 469 g/mol. The Hall–Kier alpha value is -1.79. The number of sulfonamides is 1. The van der Waals surface area contributed by atoms with Gasteiger partial charge in [-0.1, -0.05) is 6.58 Å². The van der Waals surface area contributed by atoms with Gasteiger partial charge in [-0.3, -0.25) is 0 Å². The summed E-state index contributed by atoms with van der Waals surface area (Å²) in [6, 6.07) is -6.71. The summed E-state index contributed by atoms with van der Waals surface area (Å²) in [4.78, 5) is 10.4. The number of alkyl halides is 13. The zero-order valence-corrected chi connectivity index (χ0v) is 13.1. The molecule has 0 unspecified atom stereocenters. The standard InChI is InChI=1S/C9H4F13NO4S/c1-2-3(24)27-8(19,20)7(17,18)23-28(25,26)9(21,22)5(12,13)4(10,11)6(14,15)16/h2,23H,1H2. The molecule has 0 radical (unpaired) electrons. The van der Waals surface area contributed by atoms with Crippen LogP contribution in [0.5, 0.6) is 0 Å². The third-order valence-corrected chi connectivity index (χ3v) is 3.93. The van der Waals surface area contributed by atoms with Crippen LogP contribution in [-0.4, -0.2) is 49.8 Å². The SMILES string of the molecule is C=CC(=O)OC(F)(F)C(F)(F)NS(=O)(=O)C(F)(F)C(F)(F)C(F)(F)C(F)(F)F. The Morgan fingerprint density at radius 2 is 1.21 bits per heavy atom. The summed E-state index contributed by atoms with van der Waals surface area (Å²) in [6.07, 6.45) is -14.1. The lowest BCUT2D eigenvalue weighted by Crippen LogP contribution is -2.67. The molecule has 0 saturated heterocycles. The summed E-state index contributed by atoms with van der Waals surface area (Å²) < 4.78 is 188. The summed E-state index contributed by atoms with van der Waals surface area (Å²) in [6.45, 7) is 2.42. The number of hydrogen-bond acceptors (Lipinski definition) is 4. The topological polar surface area (TPSA) is 72.5 Å². The maximum atomic E-state index is 13.2. The van der Waals surface area contributed by atoms with Crippen molar-refractivity contribution in [3.63, 3.8) is 0 Å². The maximum absolute atomic E-state index is 13.2. The Morgan fingerprint density at radius 1 is 0.821 bits per heavy atom. The number of halogens is 13. The van der Waals surface area contributed by atoms with E-state index in [0.29, 0.717) is 0 Å². The van der Waals surface area contributed by atoms with Gasteiger partial charge in [0.2, 0.25) is 0 Å². The summed E-state index contributed by atoms with van der Waals surface area (Å²) in [5.74, 6) is -18.2. The van der Waals surface area contributed by atoms with Gasteiger partial charge >= 0.3 is 41.4 Å². The van der Waals surface area contributed by atoms with Crippen LogP contribution in [0.1, 0.15) is 0 Å². The number of carbonyl (C=O) groups excluding carboxylic acids is 1. The van der Waals surface area contributed by atoms with E-state index in [1.165, 1.54) is 0 Å². The molecule has 5 nitrogen and oxygen atoms in total. The molecule has 166 valence electrons. The second kappa shape index (κ2) is 6.92. The van der Waals surface area contributed by atoms with Crippen molar-refractivity contribution >= 4 is 16.0 Å². The number of ether oxygens (including phenoxy) is 1. The van der Waals surface area contributed by atoms with E-state index in [1.54, 1.807) is 0 Å². The third kappa shape index (κ3) is 4.13. The number of rotatable bonds is 8. The van der Waals surface area contributed by atoms with Crippen LogP contribution in [0.4, 0.5) is 57.1 Å². The first-order valence-corrected chi connectivity index (χ1v) is 7.24. The minimum absolute atomic E-state index is 0.231. The molecule has 0 bridgehead atoms. The Labute approximate surface area is 145 Å². The first-order chi connectivity index (χ1) is 11.9. The smallest absolute Gasteiger partial charge is 0.392 e. The molecule has 1 N–H and O–H groups in total. The molecule has 0 aliphatic heterocycles. The molecule has 28 heavy (non-hydrogen) atoms. The van der Waals surface area contributed by atoms with Crippen molar-refractivity contribution in [1.29, 1.82) is 0 Å². The van der Waals surface area contributed by atoms with Crippen LogP contribution in [0, 0.1) is 0 Å². The minimum Gasteiger partial charge on any atom is -0.392 e. The van der Waals surface area contributed by atoms with E-state index in [1.807, 2.05) is 0 Å². The Bertz CT molecular complexity index is 727. The molecule has 0 fully saturated rings. The molecular weight excluding hydrogens is 465 g/mol. The molecule has 0 spiro atoms. The average molecular weight is 469 g/mol.